The summed E-state index contributed by atoms with van der Waals surface area (Å²) in [5, 5.41) is 11.7. The normalized spacial score (nSPS) is 11.2. The highest BCUT2D eigenvalue weighted by atomic mass is 79.9. The van der Waals surface area contributed by atoms with Crippen molar-refractivity contribution in [1.29, 1.82) is 0 Å². The number of carboxylic acids is 1. The lowest BCUT2D eigenvalue weighted by atomic mass is 9.95. The van der Waals surface area contributed by atoms with Gasteiger partial charge in [0, 0.05) is 16.1 Å². The second-order valence-corrected chi connectivity index (χ2v) is 6.56. The van der Waals surface area contributed by atoms with E-state index in [-0.39, 0.29) is 11.3 Å². The predicted octanol–water partition coefficient (Wildman–Crippen LogP) is 3.49. The molecular weight excluding hydrogens is 350 g/mol. The zero-order chi connectivity index (χ0) is 16.3. The van der Waals surface area contributed by atoms with Gasteiger partial charge in [0.05, 0.1) is 5.56 Å². The number of benzene rings is 1. The molecule has 0 saturated carbocycles. The lowest BCUT2D eigenvalue weighted by Crippen LogP contribution is -2.45. The number of hydrogen-bond donors (Lipinski definition) is 2. The van der Waals surface area contributed by atoms with Gasteiger partial charge in [-0.15, -0.1) is 0 Å². The number of carbonyl (C=O) groups is 2. The summed E-state index contributed by atoms with van der Waals surface area (Å²) in [7, 11) is 0. The Hall–Kier alpha value is -2.08. The topological polar surface area (TPSA) is 79.5 Å². The molecule has 2 rings (SSSR count). The lowest BCUT2D eigenvalue weighted by molar-refractivity contribution is 0.0695. The van der Waals surface area contributed by atoms with Gasteiger partial charge in [-0.05, 0) is 38.0 Å². The molecule has 22 heavy (non-hydrogen) atoms. The zero-order valence-corrected chi connectivity index (χ0v) is 13.8. The van der Waals surface area contributed by atoms with Gasteiger partial charge < -0.3 is 14.8 Å². The Balaban J connectivity index is 2.05. The van der Waals surface area contributed by atoms with Crippen LogP contribution in [0.4, 0.5) is 0 Å². The van der Waals surface area contributed by atoms with Crippen LogP contribution in [-0.4, -0.2) is 22.5 Å². The molecule has 0 saturated heterocycles. The van der Waals surface area contributed by atoms with Crippen LogP contribution < -0.4 is 5.32 Å². The molecule has 0 unspecified atom stereocenters. The van der Waals surface area contributed by atoms with Crippen molar-refractivity contribution >= 4 is 27.8 Å². The van der Waals surface area contributed by atoms with E-state index in [1.165, 1.54) is 6.07 Å². The number of furan rings is 1. The summed E-state index contributed by atoms with van der Waals surface area (Å²) < 4.78 is 6.00. The van der Waals surface area contributed by atoms with Crippen molar-refractivity contribution in [3.63, 3.8) is 0 Å². The van der Waals surface area contributed by atoms with Crippen LogP contribution in [-0.2, 0) is 6.42 Å². The van der Waals surface area contributed by atoms with E-state index in [0.717, 1.165) is 16.3 Å². The van der Waals surface area contributed by atoms with E-state index in [1.54, 1.807) is 0 Å². The van der Waals surface area contributed by atoms with E-state index >= 15 is 0 Å². The van der Waals surface area contributed by atoms with Crippen molar-refractivity contribution in [3.8, 4) is 0 Å². The number of carbonyl (C=O) groups excluding carboxylic acids is 1. The Morgan fingerprint density at radius 3 is 2.45 bits per heavy atom. The molecule has 0 fully saturated rings. The van der Waals surface area contributed by atoms with Crippen molar-refractivity contribution in [2.75, 3.05) is 0 Å². The van der Waals surface area contributed by atoms with Gasteiger partial charge in [0.15, 0.2) is 5.76 Å². The Kier molecular flexibility index (Phi) is 4.71. The Morgan fingerprint density at radius 1 is 1.27 bits per heavy atom. The molecule has 2 aromatic rings. The number of nitrogens with one attached hydrogen (secondary N) is 1. The van der Waals surface area contributed by atoms with Crippen molar-refractivity contribution in [3.05, 3.63) is 58.0 Å². The third kappa shape index (κ3) is 4.21. The molecule has 1 aromatic carbocycles. The molecule has 6 heteroatoms. The first-order valence-electron chi connectivity index (χ1n) is 6.66. The summed E-state index contributed by atoms with van der Waals surface area (Å²) in [5.41, 5.74) is 0.538. The van der Waals surface area contributed by atoms with Gasteiger partial charge in [0.25, 0.3) is 5.91 Å². The van der Waals surface area contributed by atoms with E-state index in [1.807, 2.05) is 38.1 Å². The SMILES string of the molecule is CC(C)(Cc1ccc(Br)cc1)NC(=O)c1cc(C(=O)O)co1. The van der Waals surface area contributed by atoms with Crippen LogP contribution in [0.15, 0.2) is 45.5 Å². The molecular formula is C16H16BrNO4. The first-order chi connectivity index (χ1) is 10.3. The molecule has 5 nitrogen and oxygen atoms in total. The van der Waals surface area contributed by atoms with E-state index < -0.39 is 17.4 Å². The van der Waals surface area contributed by atoms with Gasteiger partial charge in [-0.25, -0.2) is 4.79 Å². The fraction of sp³-hybridized carbons (Fsp3) is 0.250. The van der Waals surface area contributed by atoms with Crippen molar-refractivity contribution < 1.29 is 19.1 Å². The molecule has 116 valence electrons. The molecule has 0 radical (unpaired) electrons. The minimum atomic E-state index is -1.13. The Bertz CT molecular complexity index is 688. The summed E-state index contributed by atoms with van der Waals surface area (Å²) in [5.74, 6) is -1.58. The molecule has 0 aliphatic rings. The van der Waals surface area contributed by atoms with E-state index in [4.69, 9.17) is 9.52 Å². The minimum Gasteiger partial charge on any atom is -0.478 e. The number of rotatable bonds is 5. The Morgan fingerprint density at radius 2 is 1.91 bits per heavy atom. The quantitative estimate of drug-likeness (QED) is 0.849. The van der Waals surface area contributed by atoms with Crippen LogP contribution in [0.5, 0.6) is 0 Å². The molecule has 0 spiro atoms. The second-order valence-electron chi connectivity index (χ2n) is 5.65. The van der Waals surface area contributed by atoms with Gasteiger partial charge in [-0.2, -0.15) is 0 Å². The molecule has 0 atom stereocenters. The second kappa shape index (κ2) is 6.36. The maximum atomic E-state index is 12.1. The van der Waals surface area contributed by atoms with Crippen LogP contribution in [0.1, 0.15) is 40.3 Å². The molecule has 2 N–H and O–H groups in total. The van der Waals surface area contributed by atoms with Gasteiger partial charge in [0.2, 0.25) is 0 Å². The van der Waals surface area contributed by atoms with Crippen molar-refractivity contribution in [1.82, 2.24) is 5.32 Å². The van der Waals surface area contributed by atoms with E-state index in [9.17, 15) is 9.59 Å². The van der Waals surface area contributed by atoms with Crippen LogP contribution in [0, 0.1) is 0 Å². The number of aromatic carboxylic acids is 1. The number of carboxylic acid groups (broad SMARTS) is 1. The Labute approximate surface area is 136 Å². The highest BCUT2D eigenvalue weighted by molar-refractivity contribution is 9.10. The third-order valence-corrected chi connectivity index (χ3v) is 3.61. The van der Waals surface area contributed by atoms with Crippen molar-refractivity contribution in [2.24, 2.45) is 0 Å². The first kappa shape index (κ1) is 16.3. The smallest absolute Gasteiger partial charge is 0.338 e. The summed E-state index contributed by atoms with van der Waals surface area (Å²) in [6.45, 7) is 3.79. The maximum absolute atomic E-state index is 12.1. The molecule has 1 heterocycles. The third-order valence-electron chi connectivity index (χ3n) is 3.08. The van der Waals surface area contributed by atoms with Gasteiger partial charge >= 0.3 is 5.97 Å². The highest BCUT2D eigenvalue weighted by Crippen LogP contribution is 2.17. The summed E-state index contributed by atoms with van der Waals surface area (Å²) in [6, 6.07) is 9.06. The number of hydrogen-bond acceptors (Lipinski definition) is 3. The van der Waals surface area contributed by atoms with Crippen molar-refractivity contribution in [2.45, 2.75) is 25.8 Å². The first-order valence-corrected chi connectivity index (χ1v) is 7.45. The molecule has 1 amide bonds. The lowest BCUT2D eigenvalue weighted by Gasteiger charge is -2.26. The standard InChI is InChI=1S/C16H16BrNO4/c1-16(2,8-10-3-5-12(17)6-4-10)18-14(19)13-7-11(9-22-13)15(20)21/h3-7,9H,8H2,1-2H3,(H,18,19)(H,20,21). The molecule has 0 bridgehead atoms. The summed E-state index contributed by atoms with van der Waals surface area (Å²) in [6.07, 6.45) is 1.69. The van der Waals surface area contributed by atoms with Crippen LogP contribution in [0.3, 0.4) is 0 Å². The van der Waals surface area contributed by atoms with Crippen LogP contribution >= 0.6 is 15.9 Å². The molecule has 0 aliphatic heterocycles. The summed E-state index contributed by atoms with van der Waals surface area (Å²) >= 11 is 3.38. The fourth-order valence-corrected chi connectivity index (χ4v) is 2.36. The van der Waals surface area contributed by atoms with E-state index in [2.05, 4.69) is 21.2 Å². The largest absolute Gasteiger partial charge is 0.478 e. The van der Waals surface area contributed by atoms with Gasteiger partial charge in [-0.1, -0.05) is 28.1 Å². The van der Waals surface area contributed by atoms with Gasteiger partial charge in [0.1, 0.15) is 6.26 Å². The highest BCUT2D eigenvalue weighted by Gasteiger charge is 2.24. The number of halogens is 1. The monoisotopic (exact) mass is 365 g/mol. The minimum absolute atomic E-state index is 0.0127. The zero-order valence-electron chi connectivity index (χ0n) is 12.2. The maximum Gasteiger partial charge on any atom is 0.338 e. The van der Waals surface area contributed by atoms with Crippen LogP contribution in [0.25, 0.3) is 0 Å². The average molecular weight is 366 g/mol. The van der Waals surface area contributed by atoms with Crippen LogP contribution in [0.2, 0.25) is 0 Å². The van der Waals surface area contributed by atoms with Gasteiger partial charge in [-0.3, -0.25) is 4.79 Å². The fourth-order valence-electron chi connectivity index (χ4n) is 2.09. The number of amides is 1. The van der Waals surface area contributed by atoms with E-state index in [0.29, 0.717) is 6.42 Å². The predicted molar refractivity (Wildman–Crippen MR) is 85.1 cm³/mol. The average Bonchev–Trinajstić information content (AvgIpc) is 2.90. The summed E-state index contributed by atoms with van der Waals surface area (Å²) in [4.78, 5) is 22.9. The molecule has 0 aliphatic carbocycles. The molecule has 1 aromatic heterocycles.